The lowest BCUT2D eigenvalue weighted by molar-refractivity contribution is -0.150. The standard InChI is InChI=1S/C13H16ClFO2/c1-8(2)13(3,12(16)17)7-9-6-10(14)4-5-11(9)15/h4-6,8H,7H2,1-3H3,(H,16,17). The van der Waals surface area contributed by atoms with Crippen LogP contribution in [0, 0.1) is 17.2 Å². The Kier molecular flexibility index (Phi) is 4.15. The first-order valence-corrected chi connectivity index (χ1v) is 5.82. The number of carboxylic acid groups (broad SMARTS) is 1. The minimum atomic E-state index is -0.995. The van der Waals surface area contributed by atoms with Crippen LogP contribution in [0.2, 0.25) is 5.02 Å². The summed E-state index contributed by atoms with van der Waals surface area (Å²) in [6.07, 6.45) is 0.131. The van der Waals surface area contributed by atoms with Gasteiger partial charge >= 0.3 is 5.97 Å². The van der Waals surface area contributed by atoms with E-state index in [9.17, 15) is 14.3 Å². The van der Waals surface area contributed by atoms with Crippen molar-refractivity contribution in [2.24, 2.45) is 11.3 Å². The van der Waals surface area contributed by atoms with Crippen molar-refractivity contribution in [2.45, 2.75) is 27.2 Å². The normalized spacial score (nSPS) is 14.7. The zero-order valence-electron chi connectivity index (χ0n) is 10.1. The molecule has 0 saturated heterocycles. The smallest absolute Gasteiger partial charge is 0.309 e. The average Bonchev–Trinajstić information content (AvgIpc) is 2.22. The van der Waals surface area contributed by atoms with E-state index in [1.54, 1.807) is 6.92 Å². The lowest BCUT2D eigenvalue weighted by atomic mass is 9.74. The minimum absolute atomic E-state index is 0.0987. The number of hydrogen-bond donors (Lipinski definition) is 1. The van der Waals surface area contributed by atoms with Gasteiger partial charge in [-0.1, -0.05) is 25.4 Å². The molecule has 94 valence electrons. The lowest BCUT2D eigenvalue weighted by Gasteiger charge is -2.29. The van der Waals surface area contributed by atoms with Gasteiger partial charge in [0.2, 0.25) is 0 Å². The number of rotatable bonds is 4. The fourth-order valence-electron chi connectivity index (χ4n) is 1.60. The Hall–Kier alpha value is -1.09. The highest BCUT2D eigenvalue weighted by Crippen LogP contribution is 2.33. The van der Waals surface area contributed by atoms with E-state index in [1.165, 1.54) is 18.2 Å². The molecule has 0 spiro atoms. The van der Waals surface area contributed by atoms with E-state index in [1.807, 2.05) is 13.8 Å². The van der Waals surface area contributed by atoms with Crippen molar-refractivity contribution >= 4 is 17.6 Å². The van der Waals surface area contributed by atoms with Gasteiger partial charge in [-0.2, -0.15) is 0 Å². The number of halogens is 2. The van der Waals surface area contributed by atoms with Crippen molar-refractivity contribution in [1.29, 1.82) is 0 Å². The Morgan fingerprint density at radius 1 is 1.53 bits per heavy atom. The Labute approximate surface area is 105 Å². The molecule has 0 bridgehead atoms. The lowest BCUT2D eigenvalue weighted by Crippen LogP contribution is -2.35. The second-order valence-corrected chi connectivity index (χ2v) is 5.23. The summed E-state index contributed by atoms with van der Waals surface area (Å²) in [7, 11) is 0. The highest BCUT2D eigenvalue weighted by atomic mass is 35.5. The van der Waals surface area contributed by atoms with Crippen LogP contribution in [0.3, 0.4) is 0 Å². The number of aliphatic carboxylic acids is 1. The number of hydrogen-bond acceptors (Lipinski definition) is 1. The van der Waals surface area contributed by atoms with Crippen molar-refractivity contribution < 1.29 is 14.3 Å². The SMILES string of the molecule is CC(C)C(C)(Cc1cc(Cl)ccc1F)C(=O)O. The molecule has 4 heteroatoms. The molecule has 0 aliphatic carbocycles. The van der Waals surface area contributed by atoms with Gasteiger partial charge in [-0.05, 0) is 43.0 Å². The van der Waals surface area contributed by atoms with E-state index >= 15 is 0 Å². The molecular formula is C13H16ClFO2. The predicted molar refractivity (Wildman–Crippen MR) is 65.7 cm³/mol. The Balaban J connectivity index is 3.10. The van der Waals surface area contributed by atoms with Crippen molar-refractivity contribution in [1.82, 2.24) is 0 Å². The molecule has 0 heterocycles. The molecule has 1 unspecified atom stereocenters. The highest BCUT2D eigenvalue weighted by Gasteiger charge is 2.37. The second-order valence-electron chi connectivity index (χ2n) is 4.79. The van der Waals surface area contributed by atoms with E-state index in [2.05, 4.69) is 0 Å². The molecule has 0 fully saturated rings. The van der Waals surface area contributed by atoms with Gasteiger partial charge < -0.3 is 5.11 Å². The Morgan fingerprint density at radius 3 is 2.59 bits per heavy atom. The van der Waals surface area contributed by atoms with Crippen LogP contribution in [-0.4, -0.2) is 11.1 Å². The first-order valence-electron chi connectivity index (χ1n) is 5.44. The molecular weight excluding hydrogens is 243 g/mol. The fraction of sp³-hybridized carbons (Fsp3) is 0.462. The molecule has 0 radical (unpaired) electrons. The summed E-state index contributed by atoms with van der Waals surface area (Å²) in [6, 6.07) is 4.20. The third kappa shape index (κ3) is 2.97. The Morgan fingerprint density at radius 2 is 2.12 bits per heavy atom. The van der Waals surface area contributed by atoms with E-state index in [0.29, 0.717) is 10.6 Å². The topological polar surface area (TPSA) is 37.3 Å². The molecule has 0 saturated carbocycles. The monoisotopic (exact) mass is 258 g/mol. The maximum absolute atomic E-state index is 13.6. The Bertz CT molecular complexity index is 431. The molecule has 1 N–H and O–H groups in total. The summed E-state index contributed by atoms with van der Waals surface area (Å²) in [6.45, 7) is 5.26. The summed E-state index contributed by atoms with van der Waals surface area (Å²) >= 11 is 5.79. The quantitative estimate of drug-likeness (QED) is 0.893. The van der Waals surface area contributed by atoms with Crippen LogP contribution in [0.5, 0.6) is 0 Å². The molecule has 0 aromatic heterocycles. The van der Waals surface area contributed by atoms with Gasteiger partial charge in [0.1, 0.15) is 5.82 Å². The molecule has 1 aromatic rings. The van der Waals surface area contributed by atoms with Crippen LogP contribution in [-0.2, 0) is 11.2 Å². The maximum Gasteiger partial charge on any atom is 0.309 e. The average molecular weight is 259 g/mol. The summed E-state index contributed by atoms with van der Waals surface area (Å²) in [4.78, 5) is 11.3. The van der Waals surface area contributed by atoms with Crippen LogP contribution >= 0.6 is 11.6 Å². The predicted octanol–water partition coefficient (Wildman–Crippen LogP) is 3.77. The fourth-order valence-corrected chi connectivity index (χ4v) is 1.80. The zero-order chi connectivity index (χ0) is 13.2. The summed E-state index contributed by atoms with van der Waals surface area (Å²) in [5.41, 5.74) is -0.651. The van der Waals surface area contributed by atoms with Gasteiger partial charge in [0.25, 0.3) is 0 Å². The molecule has 1 atom stereocenters. The van der Waals surface area contributed by atoms with Crippen molar-refractivity contribution in [3.63, 3.8) is 0 Å². The number of carbonyl (C=O) groups is 1. The largest absolute Gasteiger partial charge is 0.481 e. The van der Waals surface area contributed by atoms with Crippen molar-refractivity contribution in [3.8, 4) is 0 Å². The molecule has 17 heavy (non-hydrogen) atoms. The van der Waals surface area contributed by atoms with Crippen LogP contribution in [0.25, 0.3) is 0 Å². The van der Waals surface area contributed by atoms with Crippen LogP contribution < -0.4 is 0 Å². The van der Waals surface area contributed by atoms with Gasteiger partial charge in [0.15, 0.2) is 0 Å². The minimum Gasteiger partial charge on any atom is -0.481 e. The van der Waals surface area contributed by atoms with E-state index in [4.69, 9.17) is 11.6 Å². The van der Waals surface area contributed by atoms with Crippen molar-refractivity contribution in [3.05, 3.63) is 34.6 Å². The summed E-state index contributed by atoms with van der Waals surface area (Å²) < 4.78 is 13.6. The zero-order valence-corrected chi connectivity index (χ0v) is 10.9. The van der Waals surface area contributed by atoms with Crippen LogP contribution in [0.15, 0.2) is 18.2 Å². The highest BCUT2D eigenvalue weighted by molar-refractivity contribution is 6.30. The van der Waals surface area contributed by atoms with Gasteiger partial charge in [-0.15, -0.1) is 0 Å². The third-order valence-corrected chi connectivity index (χ3v) is 3.56. The second kappa shape index (κ2) is 5.05. The van der Waals surface area contributed by atoms with Crippen LogP contribution in [0.4, 0.5) is 4.39 Å². The van der Waals surface area contributed by atoms with Gasteiger partial charge in [-0.3, -0.25) is 4.79 Å². The molecule has 1 aromatic carbocycles. The van der Waals surface area contributed by atoms with E-state index in [0.717, 1.165) is 0 Å². The van der Waals surface area contributed by atoms with E-state index < -0.39 is 17.2 Å². The van der Waals surface area contributed by atoms with E-state index in [-0.39, 0.29) is 12.3 Å². The molecule has 0 aliphatic rings. The number of carboxylic acids is 1. The molecule has 0 amide bonds. The summed E-state index contributed by atoms with van der Waals surface area (Å²) in [5, 5.41) is 9.68. The third-order valence-electron chi connectivity index (χ3n) is 3.33. The summed E-state index contributed by atoms with van der Waals surface area (Å²) in [5.74, 6) is -1.44. The molecule has 2 nitrogen and oxygen atoms in total. The maximum atomic E-state index is 13.6. The first-order chi connectivity index (χ1) is 7.77. The van der Waals surface area contributed by atoms with Gasteiger partial charge in [-0.25, -0.2) is 4.39 Å². The van der Waals surface area contributed by atoms with Crippen molar-refractivity contribution in [2.75, 3.05) is 0 Å². The molecule has 1 rings (SSSR count). The van der Waals surface area contributed by atoms with Gasteiger partial charge in [0.05, 0.1) is 5.41 Å². The number of benzene rings is 1. The first kappa shape index (κ1) is 14.0. The van der Waals surface area contributed by atoms with Crippen LogP contribution in [0.1, 0.15) is 26.3 Å². The molecule has 0 aliphatic heterocycles. The van der Waals surface area contributed by atoms with Gasteiger partial charge in [0, 0.05) is 5.02 Å².